The Labute approximate surface area is 184 Å². The number of amides is 2. The molecule has 0 bridgehead atoms. The number of anilines is 1. The number of hydrogen-bond acceptors (Lipinski definition) is 3. The van der Waals surface area contributed by atoms with E-state index in [4.69, 9.17) is 0 Å². The number of hydrogen-bond donors (Lipinski definition) is 0. The highest BCUT2D eigenvalue weighted by Crippen LogP contribution is 2.54. The lowest BCUT2D eigenvalue weighted by Crippen LogP contribution is -2.50. The van der Waals surface area contributed by atoms with E-state index < -0.39 is 16.6 Å². The number of rotatable bonds is 3. The maximum Gasteiger partial charge on any atom is 0.268 e. The number of carbonyl (C=O) groups excluding carboxylic acids is 2. The Morgan fingerprint density at radius 1 is 1.03 bits per heavy atom. The van der Waals surface area contributed by atoms with E-state index in [9.17, 15) is 14.0 Å². The average molecular weight is 433 g/mol. The molecule has 0 N–H and O–H groups in total. The zero-order valence-corrected chi connectivity index (χ0v) is 17.9. The number of benzene rings is 3. The largest absolute Gasteiger partial charge is 0.311 e. The van der Waals surface area contributed by atoms with Crippen molar-refractivity contribution in [2.24, 2.45) is 0 Å². The molecule has 1 fully saturated rings. The van der Waals surface area contributed by atoms with Crippen molar-refractivity contribution >= 4 is 29.3 Å². The van der Waals surface area contributed by atoms with E-state index in [2.05, 4.69) is 0 Å². The van der Waals surface area contributed by atoms with Gasteiger partial charge in [-0.15, -0.1) is 11.8 Å². The fourth-order valence-electron chi connectivity index (χ4n) is 4.46. The Morgan fingerprint density at radius 2 is 1.74 bits per heavy atom. The monoisotopic (exact) mass is 432 g/mol. The molecular formula is C25H21FN2O2S. The molecule has 2 amide bonds. The van der Waals surface area contributed by atoms with Crippen LogP contribution in [0.1, 0.15) is 27.0 Å². The van der Waals surface area contributed by atoms with Crippen LogP contribution in [0.3, 0.4) is 0 Å². The van der Waals surface area contributed by atoms with Crippen LogP contribution < -0.4 is 4.90 Å². The maximum atomic E-state index is 14.4. The second-order valence-electron chi connectivity index (χ2n) is 7.76. The Morgan fingerprint density at radius 3 is 2.55 bits per heavy atom. The van der Waals surface area contributed by atoms with Crippen LogP contribution in [0.4, 0.5) is 10.1 Å². The molecule has 1 atom stereocenters. The summed E-state index contributed by atoms with van der Waals surface area (Å²) in [6, 6.07) is 21.5. The Bertz CT molecular complexity index is 1200. The molecule has 1 unspecified atom stereocenters. The van der Waals surface area contributed by atoms with Crippen molar-refractivity contribution in [2.45, 2.75) is 18.3 Å². The van der Waals surface area contributed by atoms with Gasteiger partial charge in [-0.2, -0.15) is 0 Å². The molecule has 4 nitrogen and oxygen atoms in total. The summed E-state index contributed by atoms with van der Waals surface area (Å²) in [5.74, 6) is -0.568. The normalized spacial score (nSPS) is 19.9. The molecule has 31 heavy (non-hydrogen) atoms. The third kappa shape index (κ3) is 2.97. The van der Waals surface area contributed by atoms with Gasteiger partial charge in [-0.25, -0.2) is 4.39 Å². The Balaban J connectivity index is 1.60. The minimum atomic E-state index is -1.17. The number of fused-ring (bicyclic) bond motifs is 2. The van der Waals surface area contributed by atoms with Crippen LogP contribution in [0.25, 0.3) is 0 Å². The van der Waals surface area contributed by atoms with Gasteiger partial charge in [-0.05, 0) is 36.2 Å². The molecule has 156 valence electrons. The highest BCUT2D eigenvalue weighted by molar-refractivity contribution is 8.01. The SMILES string of the molecule is Cc1ccccc1CN1C(=O)C2(SCCN2C(=O)c2ccccc2F)c2ccccc21. The van der Waals surface area contributed by atoms with Crippen LogP contribution >= 0.6 is 11.8 Å². The van der Waals surface area contributed by atoms with Crippen LogP contribution in [0, 0.1) is 12.7 Å². The predicted octanol–water partition coefficient (Wildman–Crippen LogP) is 4.72. The van der Waals surface area contributed by atoms with Gasteiger partial charge in [0.25, 0.3) is 11.8 Å². The number of halogens is 1. The summed E-state index contributed by atoms with van der Waals surface area (Å²) < 4.78 is 14.4. The summed E-state index contributed by atoms with van der Waals surface area (Å²) in [6.07, 6.45) is 0. The molecule has 2 aliphatic heterocycles. The minimum absolute atomic E-state index is 0.00740. The first-order valence-corrected chi connectivity index (χ1v) is 11.2. The lowest BCUT2D eigenvalue weighted by atomic mass is 10.0. The van der Waals surface area contributed by atoms with Crippen LogP contribution in [0.2, 0.25) is 0 Å². The highest BCUT2D eigenvalue weighted by atomic mass is 32.2. The van der Waals surface area contributed by atoms with E-state index in [1.54, 1.807) is 21.9 Å². The summed E-state index contributed by atoms with van der Waals surface area (Å²) >= 11 is 1.45. The quantitative estimate of drug-likeness (QED) is 0.601. The molecule has 1 spiro atoms. The summed E-state index contributed by atoms with van der Waals surface area (Å²) in [7, 11) is 0. The fourth-order valence-corrected chi connectivity index (χ4v) is 5.92. The first kappa shape index (κ1) is 19.8. The van der Waals surface area contributed by atoms with Crippen molar-refractivity contribution in [1.29, 1.82) is 0 Å². The van der Waals surface area contributed by atoms with Crippen molar-refractivity contribution in [1.82, 2.24) is 4.90 Å². The first-order chi connectivity index (χ1) is 15.0. The van der Waals surface area contributed by atoms with Gasteiger partial charge in [0.2, 0.25) is 0 Å². The van der Waals surface area contributed by atoms with E-state index in [-0.39, 0.29) is 11.5 Å². The lowest BCUT2D eigenvalue weighted by molar-refractivity contribution is -0.123. The molecule has 2 aliphatic rings. The van der Waals surface area contributed by atoms with Crippen LogP contribution in [0.15, 0.2) is 72.8 Å². The first-order valence-electron chi connectivity index (χ1n) is 10.2. The van der Waals surface area contributed by atoms with E-state index >= 15 is 0 Å². The van der Waals surface area contributed by atoms with Crippen molar-refractivity contribution in [3.63, 3.8) is 0 Å². The summed E-state index contributed by atoms with van der Waals surface area (Å²) in [4.78, 5) is 29.5. The number of para-hydroxylation sites is 1. The van der Waals surface area contributed by atoms with E-state index in [1.807, 2.05) is 55.5 Å². The summed E-state index contributed by atoms with van der Waals surface area (Å²) in [5, 5.41) is 0. The number of thioether (sulfide) groups is 1. The Hall–Kier alpha value is -3.12. The molecule has 0 aliphatic carbocycles. The molecule has 2 heterocycles. The van der Waals surface area contributed by atoms with Gasteiger partial charge in [0.15, 0.2) is 4.87 Å². The van der Waals surface area contributed by atoms with Crippen molar-refractivity contribution < 1.29 is 14.0 Å². The molecular weight excluding hydrogens is 411 g/mol. The smallest absolute Gasteiger partial charge is 0.268 e. The minimum Gasteiger partial charge on any atom is -0.311 e. The van der Waals surface area contributed by atoms with Gasteiger partial charge >= 0.3 is 0 Å². The van der Waals surface area contributed by atoms with Gasteiger partial charge in [-0.3, -0.25) is 9.59 Å². The molecule has 0 aromatic heterocycles. The fraction of sp³-hybridized carbons (Fsp3) is 0.200. The number of carbonyl (C=O) groups is 2. The van der Waals surface area contributed by atoms with Crippen LogP contribution in [0.5, 0.6) is 0 Å². The third-order valence-electron chi connectivity index (χ3n) is 6.04. The molecule has 1 saturated heterocycles. The lowest BCUT2D eigenvalue weighted by Gasteiger charge is -2.33. The second kappa shape index (κ2) is 7.54. The molecule has 5 rings (SSSR count). The predicted molar refractivity (Wildman–Crippen MR) is 120 cm³/mol. The standard InChI is InChI=1S/C25H21FN2O2S/c1-17-8-2-3-9-18(17)16-27-22-13-7-5-11-20(22)25(24(27)30)28(14-15-31-25)23(29)19-10-4-6-12-21(19)26/h2-13H,14-16H2,1H3. The molecule has 3 aromatic rings. The zero-order valence-electron chi connectivity index (χ0n) is 17.0. The molecule has 0 saturated carbocycles. The topological polar surface area (TPSA) is 40.6 Å². The average Bonchev–Trinajstić information content (AvgIpc) is 3.32. The number of nitrogens with zero attached hydrogens (tertiary/aromatic N) is 2. The van der Waals surface area contributed by atoms with Gasteiger partial charge in [0.05, 0.1) is 17.8 Å². The van der Waals surface area contributed by atoms with E-state index in [1.165, 1.54) is 23.9 Å². The molecule has 6 heteroatoms. The van der Waals surface area contributed by atoms with Crippen LogP contribution in [-0.2, 0) is 16.2 Å². The van der Waals surface area contributed by atoms with Crippen molar-refractivity contribution in [3.05, 3.63) is 101 Å². The third-order valence-corrected chi connectivity index (χ3v) is 7.46. The molecule has 0 radical (unpaired) electrons. The van der Waals surface area contributed by atoms with Crippen molar-refractivity contribution in [3.8, 4) is 0 Å². The van der Waals surface area contributed by atoms with Gasteiger partial charge < -0.3 is 9.80 Å². The Kier molecular flexibility index (Phi) is 4.82. The highest BCUT2D eigenvalue weighted by Gasteiger charge is 2.59. The zero-order chi connectivity index (χ0) is 21.6. The molecule has 3 aromatic carbocycles. The van der Waals surface area contributed by atoms with Crippen LogP contribution in [-0.4, -0.2) is 29.0 Å². The van der Waals surface area contributed by atoms with Gasteiger partial charge in [0, 0.05) is 17.9 Å². The van der Waals surface area contributed by atoms with E-state index in [0.29, 0.717) is 18.8 Å². The van der Waals surface area contributed by atoms with E-state index in [0.717, 1.165) is 22.4 Å². The van der Waals surface area contributed by atoms with Gasteiger partial charge in [-0.1, -0.05) is 54.6 Å². The second-order valence-corrected chi connectivity index (χ2v) is 9.05. The summed E-state index contributed by atoms with van der Waals surface area (Å²) in [5.41, 5.74) is 3.74. The maximum absolute atomic E-state index is 14.4. The number of aryl methyl sites for hydroxylation is 1. The van der Waals surface area contributed by atoms with Gasteiger partial charge in [0.1, 0.15) is 5.82 Å². The van der Waals surface area contributed by atoms with Crippen molar-refractivity contribution in [2.75, 3.05) is 17.2 Å². The summed E-state index contributed by atoms with van der Waals surface area (Å²) in [6.45, 7) is 2.83.